The van der Waals surface area contributed by atoms with Crippen molar-refractivity contribution in [2.24, 2.45) is 0 Å². The maximum absolute atomic E-state index is 4.40. The first-order valence-electron chi connectivity index (χ1n) is 7.37. The van der Waals surface area contributed by atoms with Crippen LogP contribution in [0.15, 0.2) is 22.9 Å². The molecule has 1 aliphatic heterocycles. The molecule has 4 heteroatoms. The van der Waals surface area contributed by atoms with E-state index in [1.54, 1.807) is 0 Å². The van der Waals surface area contributed by atoms with Gasteiger partial charge >= 0.3 is 0 Å². The Labute approximate surface area is 124 Å². The van der Waals surface area contributed by atoms with Gasteiger partial charge in [-0.05, 0) is 34.0 Å². The summed E-state index contributed by atoms with van der Waals surface area (Å²) >= 11 is 3.42. The van der Waals surface area contributed by atoms with Gasteiger partial charge in [-0.2, -0.15) is 0 Å². The summed E-state index contributed by atoms with van der Waals surface area (Å²) in [5.74, 6) is 0. The minimum atomic E-state index is 0.536. The van der Waals surface area contributed by atoms with E-state index in [0.717, 1.165) is 30.8 Å². The van der Waals surface area contributed by atoms with Crippen LogP contribution in [0.4, 0.5) is 0 Å². The first-order chi connectivity index (χ1) is 9.31. The lowest BCUT2D eigenvalue weighted by Crippen LogP contribution is -2.45. The topological polar surface area (TPSA) is 28.2 Å². The predicted octanol–water partition coefficient (Wildman–Crippen LogP) is 3.37. The lowest BCUT2D eigenvalue weighted by Gasteiger charge is -2.35. The average Bonchev–Trinajstić information content (AvgIpc) is 2.46. The highest BCUT2D eigenvalue weighted by atomic mass is 79.9. The average molecular weight is 326 g/mol. The molecule has 0 spiro atoms. The van der Waals surface area contributed by atoms with Gasteiger partial charge in [0.15, 0.2) is 0 Å². The minimum Gasteiger partial charge on any atom is -0.314 e. The molecule has 1 saturated heterocycles. The van der Waals surface area contributed by atoms with E-state index in [2.05, 4.69) is 50.2 Å². The Hall–Kier alpha value is -0.450. The van der Waals surface area contributed by atoms with Crippen LogP contribution in [0.1, 0.15) is 44.2 Å². The summed E-state index contributed by atoms with van der Waals surface area (Å²) in [5.41, 5.74) is 1.36. The predicted molar refractivity (Wildman–Crippen MR) is 83.3 cm³/mol. The van der Waals surface area contributed by atoms with E-state index in [-0.39, 0.29) is 0 Å². The summed E-state index contributed by atoms with van der Waals surface area (Å²) in [6.07, 6.45) is 7.19. The summed E-state index contributed by atoms with van der Waals surface area (Å²) in [6, 6.07) is 4.81. The summed E-state index contributed by atoms with van der Waals surface area (Å²) in [5, 5.41) is 3.43. The second kappa shape index (κ2) is 7.98. The third kappa shape index (κ3) is 4.55. The molecule has 0 aliphatic carbocycles. The second-order valence-electron chi connectivity index (χ2n) is 5.21. The molecule has 0 radical (unpaired) electrons. The van der Waals surface area contributed by atoms with Crippen LogP contribution in [0.5, 0.6) is 0 Å². The van der Waals surface area contributed by atoms with E-state index in [1.165, 1.54) is 31.2 Å². The molecule has 0 aromatic carbocycles. The van der Waals surface area contributed by atoms with Gasteiger partial charge < -0.3 is 5.32 Å². The first-order valence-corrected chi connectivity index (χ1v) is 8.16. The Kier molecular flexibility index (Phi) is 6.28. The Morgan fingerprint density at radius 3 is 2.74 bits per heavy atom. The van der Waals surface area contributed by atoms with Crippen LogP contribution in [0, 0.1) is 0 Å². The molecule has 2 heterocycles. The molecule has 1 aromatic rings. The minimum absolute atomic E-state index is 0.536. The smallest absolute Gasteiger partial charge is 0.106 e. The molecular formula is C15H24BrN3. The Morgan fingerprint density at radius 2 is 2.11 bits per heavy atom. The SMILES string of the molecule is CCCCC[C@@H](c1ccc(Br)nc1)N1CCNCC1. The highest BCUT2D eigenvalue weighted by Gasteiger charge is 2.21. The van der Waals surface area contributed by atoms with Gasteiger partial charge in [-0.15, -0.1) is 0 Å². The normalized spacial score (nSPS) is 18.4. The third-order valence-electron chi connectivity index (χ3n) is 3.81. The van der Waals surface area contributed by atoms with E-state index in [1.807, 2.05) is 6.20 Å². The van der Waals surface area contributed by atoms with E-state index in [0.29, 0.717) is 6.04 Å². The van der Waals surface area contributed by atoms with Gasteiger partial charge in [0, 0.05) is 38.4 Å². The summed E-state index contributed by atoms with van der Waals surface area (Å²) in [6.45, 7) is 6.77. The number of hydrogen-bond donors (Lipinski definition) is 1. The van der Waals surface area contributed by atoms with Crippen LogP contribution in [-0.2, 0) is 0 Å². The number of unbranched alkanes of at least 4 members (excludes halogenated alkanes) is 2. The van der Waals surface area contributed by atoms with Crippen molar-refractivity contribution in [2.75, 3.05) is 26.2 Å². The number of aromatic nitrogens is 1. The molecule has 1 aliphatic rings. The van der Waals surface area contributed by atoms with Crippen LogP contribution in [0.3, 0.4) is 0 Å². The fourth-order valence-corrected chi connectivity index (χ4v) is 2.96. The van der Waals surface area contributed by atoms with Crippen molar-refractivity contribution in [3.63, 3.8) is 0 Å². The molecule has 0 saturated carbocycles. The number of nitrogens with zero attached hydrogens (tertiary/aromatic N) is 2. The van der Waals surface area contributed by atoms with E-state index < -0.39 is 0 Å². The molecule has 1 aromatic heterocycles. The molecule has 3 nitrogen and oxygen atoms in total. The third-order valence-corrected chi connectivity index (χ3v) is 4.28. The van der Waals surface area contributed by atoms with Crippen molar-refractivity contribution < 1.29 is 0 Å². The van der Waals surface area contributed by atoms with E-state index in [9.17, 15) is 0 Å². The van der Waals surface area contributed by atoms with Crippen molar-refractivity contribution in [1.29, 1.82) is 0 Å². The number of halogens is 1. The number of hydrogen-bond acceptors (Lipinski definition) is 3. The Bertz CT molecular complexity index is 360. The maximum atomic E-state index is 4.40. The van der Waals surface area contributed by atoms with Crippen LogP contribution >= 0.6 is 15.9 Å². The van der Waals surface area contributed by atoms with Crippen LogP contribution in [0.2, 0.25) is 0 Å². The molecular weight excluding hydrogens is 302 g/mol. The molecule has 106 valence electrons. The van der Waals surface area contributed by atoms with Crippen molar-refractivity contribution in [1.82, 2.24) is 15.2 Å². The standard InChI is InChI=1S/C15H24BrN3/c1-2-3-4-5-14(19-10-8-17-9-11-19)13-6-7-15(16)18-12-13/h6-7,12,14,17H,2-5,8-11H2,1H3/t14-/m0/s1. The van der Waals surface area contributed by atoms with Crippen molar-refractivity contribution >= 4 is 15.9 Å². The number of nitrogens with one attached hydrogen (secondary N) is 1. The number of rotatable bonds is 6. The lowest BCUT2D eigenvalue weighted by atomic mass is 9.99. The summed E-state index contributed by atoms with van der Waals surface area (Å²) in [7, 11) is 0. The molecule has 1 fully saturated rings. The Morgan fingerprint density at radius 1 is 1.32 bits per heavy atom. The molecule has 19 heavy (non-hydrogen) atoms. The quantitative estimate of drug-likeness (QED) is 0.642. The fourth-order valence-electron chi connectivity index (χ4n) is 2.73. The summed E-state index contributed by atoms with van der Waals surface area (Å²) in [4.78, 5) is 7.01. The highest BCUT2D eigenvalue weighted by molar-refractivity contribution is 9.10. The first kappa shape index (κ1) is 14.9. The van der Waals surface area contributed by atoms with Gasteiger partial charge in [0.25, 0.3) is 0 Å². The summed E-state index contributed by atoms with van der Waals surface area (Å²) < 4.78 is 0.920. The maximum Gasteiger partial charge on any atom is 0.106 e. The molecule has 2 rings (SSSR count). The van der Waals surface area contributed by atoms with Crippen LogP contribution in [-0.4, -0.2) is 36.1 Å². The molecule has 1 N–H and O–H groups in total. The van der Waals surface area contributed by atoms with Crippen LogP contribution < -0.4 is 5.32 Å². The van der Waals surface area contributed by atoms with Gasteiger partial charge in [-0.1, -0.05) is 32.3 Å². The van der Waals surface area contributed by atoms with E-state index >= 15 is 0 Å². The zero-order valence-electron chi connectivity index (χ0n) is 11.7. The van der Waals surface area contributed by atoms with Gasteiger partial charge in [0.1, 0.15) is 4.60 Å². The van der Waals surface area contributed by atoms with Gasteiger partial charge in [0.2, 0.25) is 0 Å². The van der Waals surface area contributed by atoms with Crippen molar-refractivity contribution in [3.05, 3.63) is 28.5 Å². The fraction of sp³-hybridized carbons (Fsp3) is 0.667. The number of piperazine rings is 1. The second-order valence-corrected chi connectivity index (χ2v) is 6.02. The van der Waals surface area contributed by atoms with Gasteiger partial charge in [-0.25, -0.2) is 4.98 Å². The molecule has 0 unspecified atom stereocenters. The van der Waals surface area contributed by atoms with Crippen LogP contribution in [0.25, 0.3) is 0 Å². The largest absolute Gasteiger partial charge is 0.314 e. The van der Waals surface area contributed by atoms with Gasteiger partial charge in [0.05, 0.1) is 0 Å². The zero-order chi connectivity index (χ0) is 13.5. The number of pyridine rings is 1. The molecule has 1 atom stereocenters. The zero-order valence-corrected chi connectivity index (χ0v) is 13.3. The van der Waals surface area contributed by atoms with Crippen molar-refractivity contribution in [3.8, 4) is 0 Å². The van der Waals surface area contributed by atoms with Gasteiger partial charge in [-0.3, -0.25) is 4.90 Å². The van der Waals surface area contributed by atoms with Crippen molar-refractivity contribution in [2.45, 2.75) is 38.6 Å². The monoisotopic (exact) mass is 325 g/mol. The lowest BCUT2D eigenvalue weighted by molar-refractivity contribution is 0.162. The van der Waals surface area contributed by atoms with E-state index in [4.69, 9.17) is 0 Å². The Balaban J connectivity index is 2.05. The highest BCUT2D eigenvalue weighted by Crippen LogP contribution is 2.27. The molecule has 0 bridgehead atoms. The molecule has 0 amide bonds.